The maximum absolute atomic E-state index is 11.5. The smallest absolute Gasteiger partial charge is 0.328 e. The molecule has 0 aliphatic carbocycles. The predicted molar refractivity (Wildman–Crippen MR) is 69.3 cm³/mol. The van der Waals surface area contributed by atoms with Gasteiger partial charge in [-0.15, -0.1) is 0 Å². The van der Waals surface area contributed by atoms with E-state index in [4.69, 9.17) is 11.6 Å². The molecule has 17 heavy (non-hydrogen) atoms. The molecule has 94 valence electrons. The van der Waals surface area contributed by atoms with Crippen molar-refractivity contribution >= 4 is 17.6 Å². The highest BCUT2D eigenvalue weighted by Gasteiger charge is 2.37. The van der Waals surface area contributed by atoms with Gasteiger partial charge < -0.3 is 5.11 Å². The second-order valence-corrected chi connectivity index (χ2v) is 4.77. The van der Waals surface area contributed by atoms with Gasteiger partial charge >= 0.3 is 5.97 Å². The minimum absolute atomic E-state index is 0.104. The molecule has 1 aromatic rings. The number of carbonyl (C=O) groups is 1. The standard InChI is InChI=1S/C13H18ClNO2/c1-4-9(2)15-13(3,12(16)17)10-7-5-6-8-11(10)14/h5-9,15H,4H2,1-3H3,(H,16,17). The van der Waals surface area contributed by atoms with E-state index in [-0.39, 0.29) is 6.04 Å². The van der Waals surface area contributed by atoms with Crippen molar-refractivity contribution in [3.8, 4) is 0 Å². The summed E-state index contributed by atoms with van der Waals surface area (Å²) in [5.74, 6) is -0.925. The molecule has 0 spiro atoms. The normalized spacial score (nSPS) is 16.2. The molecule has 0 fully saturated rings. The maximum atomic E-state index is 11.5. The molecule has 0 aliphatic rings. The summed E-state index contributed by atoms with van der Waals surface area (Å²) in [4.78, 5) is 11.5. The SMILES string of the molecule is CCC(C)NC(C)(C(=O)O)c1ccccc1Cl. The molecule has 4 heteroatoms. The first-order valence-corrected chi connectivity index (χ1v) is 6.05. The highest BCUT2D eigenvalue weighted by molar-refractivity contribution is 6.31. The Kier molecular flexibility index (Phi) is 4.54. The Morgan fingerprint density at radius 1 is 1.53 bits per heavy atom. The van der Waals surface area contributed by atoms with Gasteiger partial charge in [-0.25, -0.2) is 4.79 Å². The van der Waals surface area contributed by atoms with Crippen LogP contribution in [0.15, 0.2) is 24.3 Å². The van der Waals surface area contributed by atoms with Gasteiger partial charge in [0.25, 0.3) is 0 Å². The quantitative estimate of drug-likeness (QED) is 0.850. The Hall–Kier alpha value is -1.06. The summed E-state index contributed by atoms with van der Waals surface area (Å²) in [5, 5.41) is 13.0. The van der Waals surface area contributed by atoms with E-state index in [1.54, 1.807) is 31.2 Å². The van der Waals surface area contributed by atoms with E-state index in [2.05, 4.69) is 5.32 Å². The Labute approximate surface area is 107 Å². The fourth-order valence-electron chi connectivity index (χ4n) is 1.72. The Balaban J connectivity index is 3.17. The van der Waals surface area contributed by atoms with Gasteiger partial charge in [-0.05, 0) is 26.3 Å². The number of carboxylic acid groups (broad SMARTS) is 1. The molecule has 1 rings (SSSR count). The van der Waals surface area contributed by atoms with Crippen LogP contribution in [0.5, 0.6) is 0 Å². The van der Waals surface area contributed by atoms with Crippen LogP contribution in [0.3, 0.4) is 0 Å². The van der Waals surface area contributed by atoms with Gasteiger partial charge in [-0.1, -0.05) is 36.7 Å². The van der Waals surface area contributed by atoms with Gasteiger partial charge in [0.05, 0.1) is 0 Å². The number of aliphatic carboxylic acids is 1. The highest BCUT2D eigenvalue weighted by atomic mass is 35.5. The molecule has 1 aromatic carbocycles. The first kappa shape index (κ1) is 14.0. The van der Waals surface area contributed by atoms with Crippen molar-refractivity contribution in [2.45, 2.75) is 38.8 Å². The third-order valence-electron chi connectivity index (χ3n) is 2.99. The molecule has 0 heterocycles. The van der Waals surface area contributed by atoms with E-state index < -0.39 is 11.5 Å². The molecule has 2 N–H and O–H groups in total. The molecule has 0 radical (unpaired) electrons. The third-order valence-corrected chi connectivity index (χ3v) is 3.32. The Morgan fingerprint density at radius 2 is 2.12 bits per heavy atom. The fourth-order valence-corrected chi connectivity index (χ4v) is 2.04. The molecule has 0 amide bonds. The zero-order valence-electron chi connectivity index (χ0n) is 10.3. The summed E-state index contributed by atoms with van der Waals surface area (Å²) in [6.07, 6.45) is 0.854. The molecule has 0 aliphatic heterocycles. The minimum atomic E-state index is -1.16. The second kappa shape index (κ2) is 5.52. The number of halogens is 1. The van der Waals surface area contributed by atoms with Crippen molar-refractivity contribution < 1.29 is 9.90 Å². The predicted octanol–water partition coefficient (Wildman–Crippen LogP) is 3.03. The molecule has 0 bridgehead atoms. The number of nitrogens with one attached hydrogen (secondary N) is 1. The van der Waals surface area contributed by atoms with Crippen LogP contribution in [-0.2, 0) is 10.3 Å². The van der Waals surface area contributed by atoms with Crippen molar-refractivity contribution in [2.75, 3.05) is 0 Å². The summed E-state index contributed by atoms with van der Waals surface area (Å²) in [7, 11) is 0. The lowest BCUT2D eigenvalue weighted by atomic mass is 9.91. The summed E-state index contributed by atoms with van der Waals surface area (Å²) in [6, 6.07) is 7.13. The summed E-state index contributed by atoms with van der Waals surface area (Å²) >= 11 is 6.08. The molecular weight excluding hydrogens is 238 g/mol. The number of hydrogen-bond donors (Lipinski definition) is 2. The van der Waals surface area contributed by atoms with Crippen LogP contribution >= 0.6 is 11.6 Å². The van der Waals surface area contributed by atoms with Gasteiger partial charge in [-0.3, -0.25) is 5.32 Å². The van der Waals surface area contributed by atoms with E-state index in [9.17, 15) is 9.90 Å². The Bertz CT molecular complexity index is 408. The van der Waals surface area contributed by atoms with Crippen molar-refractivity contribution in [3.63, 3.8) is 0 Å². The molecule has 3 nitrogen and oxygen atoms in total. The fraction of sp³-hybridized carbons (Fsp3) is 0.462. The van der Waals surface area contributed by atoms with Gasteiger partial charge in [0.2, 0.25) is 0 Å². The first-order valence-electron chi connectivity index (χ1n) is 5.68. The minimum Gasteiger partial charge on any atom is -0.480 e. The lowest BCUT2D eigenvalue weighted by molar-refractivity contribution is -0.145. The maximum Gasteiger partial charge on any atom is 0.328 e. The Morgan fingerprint density at radius 3 is 2.59 bits per heavy atom. The summed E-state index contributed by atoms with van der Waals surface area (Å²) in [5.41, 5.74) is -0.567. The van der Waals surface area contributed by atoms with Crippen LogP contribution in [0, 0.1) is 0 Å². The van der Waals surface area contributed by atoms with Crippen LogP contribution in [0.4, 0.5) is 0 Å². The van der Waals surface area contributed by atoms with Crippen molar-refractivity contribution in [1.29, 1.82) is 0 Å². The topological polar surface area (TPSA) is 49.3 Å². The molecule has 2 unspecified atom stereocenters. The summed E-state index contributed by atoms with van der Waals surface area (Å²) < 4.78 is 0. The van der Waals surface area contributed by atoms with Crippen LogP contribution in [-0.4, -0.2) is 17.1 Å². The van der Waals surface area contributed by atoms with E-state index in [0.717, 1.165) is 6.42 Å². The van der Waals surface area contributed by atoms with Crippen LogP contribution in [0.25, 0.3) is 0 Å². The van der Waals surface area contributed by atoms with Crippen molar-refractivity contribution in [1.82, 2.24) is 5.32 Å². The van der Waals surface area contributed by atoms with Gasteiger partial charge in [0.1, 0.15) is 5.54 Å². The third kappa shape index (κ3) is 2.99. The van der Waals surface area contributed by atoms with Crippen LogP contribution in [0.1, 0.15) is 32.8 Å². The lowest BCUT2D eigenvalue weighted by Crippen LogP contribution is -2.50. The molecule has 0 saturated heterocycles. The second-order valence-electron chi connectivity index (χ2n) is 4.36. The zero-order valence-corrected chi connectivity index (χ0v) is 11.1. The van der Waals surface area contributed by atoms with E-state index in [0.29, 0.717) is 10.6 Å². The van der Waals surface area contributed by atoms with Gasteiger partial charge in [0, 0.05) is 16.6 Å². The number of rotatable bonds is 5. The zero-order chi connectivity index (χ0) is 13.1. The number of benzene rings is 1. The highest BCUT2D eigenvalue weighted by Crippen LogP contribution is 2.28. The molecule has 0 saturated carbocycles. The van der Waals surface area contributed by atoms with Gasteiger partial charge in [0.15, 0.2) is 0 Å². The largest absolute Gasteiger partial charge is 0.480 e. The van der Waals surface area contributed by atoms with E-state index in [1.807, 2.05) is 13.8 Å². The summed E-state index contributed by atoms with van der Waals surface area (Å²) in [6.45, 7) is 5.60. The van der Waals surface area contributed by atoms with E-state index in [1.165, 1.54) is 0 Å². The first-order chi connectivity index (χ1) is 7.91. The van der Waals surface area contributed by atoms with Crippen molar-refractivity contribution in [2.24, 2.45) is 0 Å². The van der Waals surface area contributed by atoms with Gasteiger partial charge in [-0.2, -0.15) is 0 Å². The van der Waals surface area contributed by atoms with Crippen LogP contribution < -0.4 is 5.32 Å². The molecular formula is C13H18ClNO2. The molecule has 2 atom stereocenters. The average Bonchev–Trinajstić information content (AvgIpc) is 2.28. The van der Waals surface area contributed by atoms with Crippen LogP contribution in [0.2, 0.25) is 5.02 Å². The number of carboxylic acids is 1. The van der Waals surface area contributed by atoms with E-state index >= 15 is 0 Å². The van der Waals surface area contributed by atoms with Crippen molar-refractivity contribution in [3.05, 3.63) is 34.9 Å². The number of hydrogen-bond acceptors (Lipinski definition) is 2. The molecule has 0 aromatic heterocycles. The lowest BCUT2D eigenvalue weighted by Gasteiger charge is -2.30. The monoisotopic (exact) mass is 255 g/mol. The average molecular weight is 256 g/mol.